The van der Waals surface area contributed by atoms with Gasteiger partial charge in [-0.25, -0.2) is 4.79 Å². The van der Waals surface area contributed by atoms with Crippen molar-refractivity contribution in [3.8, 4) is 0 Å². The molecule has 1 saturated heterocycles. The van der Waals surface area contributed by atoms with Crippen LogP contribution in [0.2, 0.25) is 0 Å². The fourth-order valence-electron chi connectivity index (χ4n) is 2.42. The molecule has 0 aromatic carbocycles. The van der Waals surface area contributed by atoms with Crippen molar-refractivity contribution in [3.05, 3.63) is 12.2 Å². The maximum absolute atomic E-state index is 12.0. The van der Waals surface area contributed by atoms with Crippen LogP contribution in [0.15, 0.2) is 12.2 Å². The number of carbonyl (C=O) groups excluding carboxylic acids is 1. The Morgan fingerprint density at radius 2 is 2.05 bits per heavy atom. The Morgan fingerprint density at radius 3 is 2.57 bits per heavy atom. The van der Waals surface area contributed by atoms with Gasteiger partial charge in [0.2, 0.25) is 0 Å². The minimum atomic E-state index is -0.867. The number of aliphatic hydroxyl groups is 1. The van der Waals surface area contributed by atoms with Gasteiger partial charge < -0.3 is 19.8 Å². The Balaban J connectivity index is 2.60. The van der Waals surface area contributed by atoms with Crippen molar-refractivity contribution in [1.29, 1.82) is 0 Å². The SMILES string of the molecule is CC(C)(C)OC(=O)N1CC[C@H]([C@H](C/C=C/CO)C(=O)O)C1. The highest BCUT2D eigenvalue weighted by atomic mass is 16.6. The zero-order chi connectivity index (χ0) is 16.0. The first-order valence-corrected chi connectivity index (χ1v) is 7.21. The number of carboxylic acid groups (broad SMARTS) is 1. The largest absolute Gasteiger partial charge is 0.481 e. The molecule has 0 spiro atoms. The molecule has 0 radical (unpaired) electrons. The number of hydrogen-bond donors (Lipinski definition) is 2. The van der Waals surface area contributed by atoms with Gasteiger partial charge in [-0.3, -0.25) is 4.79 Å². The number of aliphatic carboxylic acids is 1. The lowest BCUT2D eigenvalue weighted by Gasteiger charge is -2.25. The van der Waals surface area contributed by atoms with E-state index < -0.39 is 17.5 Å². The van der Waals surface area contributed by atoms with Gasteiger partial charge in [-0.05, 0) is 39.5 Å². The molecular weight excluding hydrogens is 274 g/mol. The number of aliphatic hydroxyl groups excluding tert-OH is 1. The van der Waals surface area contributed by atoms with E-state index in [0.717, 1.165) is 0 Å². The number of carbonyl (C=O) groups is 2. The van der Waals surface area contributed by atoms with Crippen molar-refractivity contribution in [3.63, 3.8) is 0 Å². The summed E-state index contributed by atoms with van der Waals surface area (Å²) in [5.41, 5.74) is -0.550. The van der Waals surface area contributed by atoms with Crippen LogP contribution in [0.3, 0.4) is 0 Å². The first-order chi connectivity index (χ1) is 9.74. The predicted molar refractivity (Wildman–Crippen MR) is 77.9 cm³/mol. The van der Waals surface area contributed by atoms with E-state index >= 15 is 0 Å². The van der Waals surface area contributed by atoms with E-state index in [2.05, 4.69) is 0 Å². The summed E-state index contributed by atoms with van der Waals surface area (Å²) in [6.45, 7) is 6.24. The van der Waals surface area contributed by atoms with E-state index in [1.165, 1.54) is 6.08 Å². The first-order valence-electron chi connectivity index (χ1n) is 7.21. The lowest BCUT2D eigenvalue weighted by Crippen LogP contribution is -2.36. The number of nitrogens with zero attached hydrogens (tertiary/aromatic N) is 1. The Bertz CT molecular complexity index is 399. The van der Waals surface area contributed by atoms with E-state index in [0.29, 0.717) is 25.9 Å². The van der Waals surface area contributed by atoms with Crippen LogP contribution >= 0.6 is 0 Å². The third-order valence-electron chi connectivity index (χ3n) is 3.42. The average Bonchev–Trinajstić information content (AvgIpc) is 2.81. The van der Waals surface area contributed by atoms with Crippen LogP contribution in [-0.2, 0) is 9.53 Å². The normalized spacial score (nSPS) is 20.8. The Kier molecular flexibility index (Phi) is 6.20. The zero-order valence-electron chi connectivity index (χ0n) is 12.9. The summed E-state index contributed by atoms with van der Waals surface area (Å²) in [6.07, 6.45) is 3.84. The van der Waals surface area contributed by atoms with E-state index in [1.54, 1.807) is 31.7 Å². The van der Waals surface area contributed by atoms with Crippen molar-refractivity contribution in [2.24, 2.45) is 11.8 Å². The minimum Gasteiger partial charge on any atom is -0.481 e. The first kappa shape index (κ1) is 17.5. The lowest BCUT2D eigenvalue weighted by molar-refractivity contribution is -0.143. The molecule has 21 heavy (non-hydrogen) atoms. The molecule has 1 fully saturated rings. The molecule has 0 aromatic rings. The summed E-state index contributed by atoms with van der Waals surface area (Å²) in [4.78, 5) is 24.9. The number of amides is 1. The highest BCUT2D eigenvalue weighted by molar-refractivity contribution is 5.72. The molecule has 0 aliphatic carbocycles. The predicted octanol–water partition coefficient (Wildman–Crippen LogP) is 1.88. The van der Waals surface area contributed by atoms with Crippen LogP contribution in [0.1, 0.15) is 33.6 Å². The van der Waals surface area contributed by atoms with Gasteiger partial charge in [-0.2, -0.15) is 0 Å². The fourth-order valence-corrected chi connectivity index (χ4v) is 2.42. The lowest BCUT2D eigenvalue weighted by atomic mass is 9.88. The van der Waals surface area contributed by atoms with Gasteiger partial charge in [-0.1, -0.05) is 12.2 Å². The van der Waals surface area contributed by atoms with E-state index in [-0.39, 0.29) is 18.6 Å². The summed E-state index contributed by atoms with van der Waals surface area (Å²) >= 11 is 0. The van der Waals surface area contributed by atoms with E-state index in [9.17, 15) is 14.7 Å². The molecule has 1 heterocycles. The summed E-state index contributed by atoms with van der Waals surface area (Å²) in [7, 11) is 0. The van der Waals surface area contributed by atoms with Crippen LogP contribution in [-0.4, -0.2) is 52.5 Å². The number of rotatable bonds is 5. The molecule has 0 saturated carbocycles. The maximum atomic E-state index is 12.0. The smallest absolute Gasteiger partial charge is 0.410 e. The molecule has 0 unspecified atom stereocenters. The second-order valence-electron chi connectivity index (χ2n) is 6.31. The Hall–Kier alpha value is -1.56. The van der Waals surface area contributed by atoms with Crippen molar-refractivity contribution < 1.29 is 24.5 Å². The van der Waals surface area contributed by atoms with Crippen molar-refractivity contribution >= 4 is 12.1 Å². The fraction of sp³-hybridized carbons (Fsp3) is 0.733. The van der Waals surface area contributed by atoms with Crippen molar-refractivity contribution in [2.75, 3.05) is 19.7 Å². The third kappa shape index (κ3) is 5.75. The van der Waals surface area contributed by atoms with Crippen molar-refractivity contribution in [2.45, 2.75) is 39.2 Å². The maximum Gasteiger partial charge on any atom is 0.410 e. The summed E-state index contributed by atoms with van der Waals surface area (Å²) in [5, 5.41) is 18.0. The Labute approximate surface area is 125 Å². The minimum absolute atomic E-state index is 0.0849. The molecule has 1 rings (SSSR count). The standard InChI is InChI=1S/C15H25NO5/c1-15(2,3)21-14(20)16-8-7-11(10-16)12(13(18)19)6-4-5-9-17/h4-5,11-12,17H,6-10H2,1-3H3,(H,18,19)/b5-4+/t11-,12-/m0/s1. The van der Waals surface area contributed by atoms with E-state index in [1.807, 2.05) is 0 Å². The quantitative estimate of drug-likeness (QED) is 0.757. The van der Waals surface area contributed by atoms with Gasteiger partial charge in [0.1, 0.15) is 5.60 Å². The van der Waals surface area contributed by atoms with Gasteiger partial charge in [0, 0.05) is 13.1 Å². The summed E-state index contributed by atoms with van der Waals surface area (Å²) in [6, 6.07) is 0. The molecule has 6 heteroatoms. The topological polar surface area (TPSA) is 87.1 Å². The van der Waals surface area contributed by atoms with Crippen LogP contribution in [0.5, 0.6) is 0 Å². The summed E-state index contributed by atoms with van der Waals surface area (Å²) < 4.78 is 5.30. The van der Waals surface area contributed by atoms with Gasteiger partial charge in [-0.15, -0.1) is 0 Å². The van der Waals surface area contributed by atoms with Gasteiger partial charge in [0.15, 0.2) is 0 Å². The van der Waals surface area contributed by atoms with Gasteiger partial charge in [0.05, 0.1) is 12.5 Å². The zero-order valence-corrected chi connectivity index (χ0v) is 12.9. The third-order valence-corrected chi connectivity index (χ3v) is 3.42. The monoisotopic (exact) mass is 299 g/mol. The number of hydrogen-bond acceptors (Lipinski definition) is 4. The number of carboxylic acids is 1. The molecule has 1 aliphatic heterocycles. The Morgan fingerprint density at radius 1 is 1.38 bits per heavy atom. The molecule has 6 nitrogen and oxygen atoms in total. The second-order valence-corrected chi connectivity index (χ2v) is 6.31. The molecular formula is C15H25NO5. The van der Waals surface area contributed by atoms with Crippen LogP contribution in [0.25, 0.3) is 0 Å². The number of ether oxygens (including phenoxy) is 1. The molecule has 0 aromatic heterocycles. The highest BCUT2D eigenvalue weighted by Crippen LogP contribution is 2.28. The number of likely N-dealkylation sites (tertiary alicyclic amines) is 1. The van der Waals surface area contributed by atoms with Gasteiger partial charge in [0.25, 0.3) is 0 Å². The second kappa shape index (κ2) is 7.45. The molecule has 0 bridgehead atoms. The molecule has 2 atom stereocenters. The molecule has 1 amide bonds. The highest BCUT2D eigenvalue weighted by Gasteiger charge is 2.36. The van der Waals surface area contributed by atoms with Crippen LogP contribution in [0, 0.1) is 11.8 Å². The van der Waals surface area contributed by atoms with E-state index in [4.69, 9.17) is 9.84 Å². The molecule has 1 aliphatic rings. The number of allylic oxidation sites excluding steroid dienone is 1. The molecule has 2 N–H and O–H groups in total. The van der Waals surface area contributed by atoms with Crippen LogP contribution < -0.4 is 0 Å². The van der Waals surface area contributed by atoms with Gasteiger partial charge >= 0.3 is 12.1 Å². The summed E-state index contributed by atoms with van der Waals surface area (Å²) in [5.74, 6) is -1.49. The molecule has 120 valence electrons. The van der Waals surface area contributed by atoms with Crippen LogP contribution in [0.4, 0.5) is 4.79 Å². The average molecular weight is 299 g/mol. The van der Waals surface area contributed by atoms with Crippen molar-refractivity contribution in [1.82, 2.24) is 4.90 Å².